The Labute approximate surface area is 162 Å². The van der Waals surface area contributed by atoms with Crippen LogP contribution in [0.1, 0.15) is 10.4 Å². The number of halogens is 2. The predicted octanol–water partition coefficient (Wildman–Crippen LogP) is 3.36. The number of carbonyl (C=O) groups is 1. The summed E-state index contributed by atoms with van der Waals surface area (Å²) in [6.45, 7) is -0.299. The highest BCUT2D eigenvalue weighted by Gasteiger charge is 2.16. The first-order chi connectivity index (χ1) is 13.5. The van der Waals surface area contributed by atoms with Crippen LogP contribution in [0.2, 0.25) is 5.02 Å². The number of ether oxygens (including phenoxy) is 1. The first kappa shape index (κ1) is 17.9. The smallest absolute Gasteiger partial charge is 0.350 e. The molecule has 0 bridgehead atoms. The summed E-state index contributed by atoms with van der Waals surface area (Å²) in [6.07, 6.45) is 2.83. The largest absolute Gasteiger partial charge is 0.436 e. The Kier molecular flexibility index (Phi) is 4.62. The molecule has 28 heavy (non-hydrogen) atoms. The van der Waals surface area contributed by atoms with Crippen molar-refractivity contribution in [2.45, 2.75) is 6.54 Å². The fraction of sp³-hybridized carbons (Fsp3) is 0.0526. The third kappa shape index (κ3) is 3.49. The van der Waals surface area contributed by atoms with Gasteiger partial charge in [-0.3, -0.25) is 4.79 Å². The molecule has 0 fully saturated rings. The summed E-state index contributed by atoms with van der Waals surface area (Å²) in [5, 5.41) is 4.72. The molecule has 4 rings (SSSR count). The van der Waals surface area contributed by atoms with Gasteiger partial charge in [0.25, 0.3) is 5.88 Å². The van der Waals surface area contributed by atoms with Crippen LogP contribution < -0.4 is 10.4 Å². The number of carbonyl (C=O) groups excluding carboxylic acids is 1. The first-order valence-electron chi connectivity index (χ1n) is 8.17. The molecule has 0 saturated carbocycles. The fourth-order valence-corrected chi connectivity index (χ4v) is 2.70. The molecule has 0 spiro atoms. The van der Waals surface area contributed by atoms with Gasteiger partial charge in [0, 0.05) is 23.0 Å². The lowest BCUT2D eigenvalue weighted by molar-refractivity contribution is 0.0966. The molecule has 0 aliphatic heterocycles. The molecular weight excluding hydrogens is 387 g/mol. The maximum Gasteiger partial charge on any atom is 0.350 e. The third-order valence-electron chi connectivity index (χ3n) is 3.96. The number of hydrogen-bond acceptors (Lipinski definition) is 5. The van der Waals surface area contributed by atoms with Crippen LogP contribution in [0.15, 0.2) is 65.7 Å². The van der Waals surface area contributed by atoms with Crippen LogP contribution in [-0.2, 0) is 6.54 Å². The Balaban J connectivity index is 1.66. The highest BCUT2D eigenvalue weighted by molar-refractivity contribution is 6.30. The zero-order chi connectivity index (χ0) is 19.7. The van der Waals surface area contributed by atoms with E-state index in [1.807, 2.05) is 0 Å². The molecule has 7 nitrogen and oxygen atoms in total. The SMILES string of the molecule is O=C(Cn1nc2c(Oc3ccc(Cl)cc3)nccn2c1=O)c1ccc(F)cc1. The molecule has 4 aromatic rings. The Morgan fingerprint density at radius 2 is 1.82 bits per heavy atom. The second-order valence-electron chi connectivity index (χ2n) is 5.85. The monoisotopic (exact) mass is 398 g/mol. The van der Waals surface area contributed by atoms with Crippen molar-refractivity contribution >= 4 is 23.0 Å². The van der Waals surface area contributed by atoms with Crippen LogP contribution in [-0.4, -0.2) is 24.9 Å². The minimum atomic E-state index is -0.520. The van der Waals surface area contributed by atoms with Crippen molar-refractivity contribution in [3.63, 3.8) is 0 Å². The second-order valence-corrected chi connectivity index (χ2v) is 6.29. The van der Waals surface area contributed by atoms with Gasteiger partial charge in [-0.2, -0.15) is 0 Å². The predicted molar refractivity (Wildman–Crippen MR) is 99.5 cm³/mol. The van der Waals surface area contributed by atoms with E-state index in [0.717, 1.165) is 4.68 Å². The van der Waals surface area contributed by atoms with Crippen molar-refractivity contribution in [3.05, 3.63) is 87.8 Å². The minimum absolute atomic E-state index is 0.106. The van der Waals surface area contributed by atoms with Crippen LogP contribution in [0.3, 0.4) is 0 Å². The highest BCUT2D eigenvalue weighted by atomic mass is 35.5. The lowest BCUT2D eigenvalue weighted by atomic mass is 10.1. The summed E-state index contributed by atoms with van der Waals surface area (Å²) < 4.78 is 20.9. The quantitative estimate of drug-likeness (QED) is 0.482. The number of nitrogens with zero attached hydrogens (tertiary/aromatic N) is 4. The zero-order valence-electron chi connectivity index (χ0n) is 14.3. The zero-order valence-corrected chi connectivity index (χ0v) is 15.0. The van der Waals surface area contributed by atoms with Crippen LogP contribution in [0.4, 0.5) is 4.39 Å². The molecule has 0 amide bonds. The summed E-state index contributed by atoms with van der Waals surface area (Å²) in [5.74, 6) is -0.251. The normalized spacial score (nSPS) is 10.9. The summed E-state index contributed by atoms with van der Waals surface area (Å²) >= 11 is 5.86. The van der Waals surface area contributed by atoms with Gasteiger partial charge in [0.1, 0.15) is 18.1 Å². The maximum absolute atomic E-state index is 13.0. The molecule has 0 N–H and O–H groups in total. The topological polar surface area (TPSA) is 78.5 Å². The van der Waals surface area contributed by atoms with E-state index >= 15 is 0 Å². The average molecular weight is 399 g/mol. The molecule has 2 heterocycles. The number of aromatic nitrogens is 4. The number of fused-ring (bicyclic) bond motifs is 1. The van der Waals surface area contributed by atoms with Crippen molar-refractivity contribution in [1.29, 1.82) is 0 Å². The molecule has 2 aromatic heterocycles. The van der Waals surface area contributed by atoms with E-state index in [2.05, 4.69) is 10.1 Å². The number of ketones is 1. The van der Waals surface area contributed by atoms with Gasteiger partial charge in [-0.05, 0) is 48.5 Å². The highest BCUT2D eigenvalue weighted by Crippen LogP contribution is 2.23. The molecule has 2 aromatic carbocycles. The van der Waals surface area contributed by atoms with Crippen LogP contribution in [0.25, 0.3) is 5.65 Å². The summed E-state index contributed by atoms with van der Waals surface area (Å²) in [6, 6.07) is 11.7. The van der Waals surface area contributed by atoms with Crippen molar-refractivity contribution in [2.24, 2.45) is 0 Å². The van der Waals surface area contributed by atoms with E-state index in [0.29, 0.717) is 10.8 Å². The Bertz CT molecular complexity index is 1220. The molecule has 0 atom stereocenters. The van der Waals surface area contributed by atoms with E-state index in [4.69, 9.17) is 16.3 Å². The van der Waals surface area contributed by atoms with Gasteiger partial charge in [-0.15, -0.1) is 5.10 Å². The number of rotatable bonds is 5. The van der Waals surface area contributed by atoms with Crippen LogP contribution >= 0.6 is 11.6 Å². The van der Waals surface area contributed by atoms with Gasteiger partial charge in [0.2, 0.25) is 5.65 Å². The van der Waals surface area contributed by atoms with Crippen LogP contribution in [0.5, 0.6) is 11.6 Å². The van der Waals surface area contributed by atoms with Gasteiger partial charge in [0.15, 0.2) is 5.78 Å². The van der Waals surface area contributed by atoms with Gasteiger partial charge < -0.3 is 4.74 Å². The first-order valence-corrected chi connectivity index (χ1v) is 8.55. The molecule has 0 saturated heterocycles. The summed E-state index contributed by atoms with van der Waals surface area (Å²) in [5.41, 5.74) is -0.0794. The van der Waals surface area contributed by atoms with Crippen molar-refractivity contribution in [3.8, 4) is 11.6 Å². The van der Waals surface area contributed by atoms with E-state index in [1.54, 1.807) is 24.3 Å². The van der Waals surface area contributed by atoms with Gasteiger partial charge in [0.05, 0.1) is 0 Å². The molecule has 9 heteroatoms. The van der Waals surface area contributed by atoms with Crippen LogP contribution in [0, 0.1) is 5.82 Å². The van der Waals surface area contributed by atoms with Crippen molar-refractivity contribution < 1.29 is 13.9 Å². The molecule has 0 radical (unpaired) electrons. The molecule has 0 aliphatic carbocycles. The van der Waals surface area contributed by atoms with E-state index in [9.17, 15) is 14.0 Å². The number of benzene rings is 2. The van der Waals surface area contributed by atoms with E-state index in [1.165, 1.54) is 41.1 Å². The van der Waals surface area contributed by atoms with Gasteiger partial charge >= 0.3 is 5.69 Å². The molecule has 0 aliphatic rings. The Morgan fingerprint density at radius 3 is 2.54 bits per heavy atom. The van der Waals surface area contributed by atoms with E-state index in [-0.39, 0.29) is 29.4 Å². The fourth-order valence-electron chi connectivity index (χ4n) is 2.58. The lowest BCUT2D eigenvalue weighted by Gasteiger charge is -2.04. The number of Topliss-reactive ketones (excluding diaryl/α,β-unsaturated/α-hetero) is 1. The second kappa shape index (κ2) is 7.24. The number of hydrogen-bond donors (Lipinski definition) is 0. The van der Waals surface area contributed by atoms with Crippen molar-refractivity contribution in [1.82, 2.24) is 19.2 Å². The lowest BCUT2D eigenvalue weighted by Crippen LogP contribution is -2.25. The standard InChI is InChI=1S/C19H12ClFN4O3/c20-13-3-7-15(8-4-13)28-18-17-23-25(19(27)24(17)10-9-22-18)11-16(26)12-1-5-14(21)6-2-12/h1-10H,11H2. The summed E-state index contributed by atoms with van der Waals surface area (Å²) in [7, 11) is 0. The molecule has 0 unspecified atom stereocenters. The average Bonchev–Trinajstić information content (AvgIpc) is 3.01. The van der Waals surface area contributed by atoms with Gasteiger partial charge in [-0.25, -0.2) is 23.3 Å². The van der Waals surface area contributed by atoms with Crippen molar-refractivity contribution in [2.75, 3.05) is 0 Å². The van der Waals surface area contributed by atoms with E-state index < -0.39 is 11.5 Å². The Hall–Kier alpha value is -3.52. The van der Waals surface area contributed by atoms with Gasteiger partial charge in [-0.1, -0.05) is 11.6 Å². The maximum atomic E-state index is 13.0. The minimum Gasteiger partial charge on any atom is -0.436 e. The summed E-state index contributed by atoms with van der Waals surface area (Å²) in [4.78, 5) is 29.0. The Morgan fingerprint density at radius 1 is 1.11 bits per heavy atom. The molecular formula is C19H12ClFN4O3. The molecule has 140 valence electrons. The third-order valence-corrected chi connectivity index (χ3v) is 4.21.